The zero-order chi connectivity index (χ0) is 21.2. The van der Waals surface area contributed by atoms with Gasteiger partial charge in [-0.25, -0.2) is 4.99 Å². The first-order chi connectivity index (χ1) is 14.7. The van der Waals surface area contributed by atoms with Gasteiger partial charge in [0.05, 0.1) is 26.4 Å². The number of aryl methyl sites for hydroxylation is 1. The molecule has 6 heteroatoms. The van der Waals surface area contributed by atoms with Crippen LogP contribution in [0, 0.1) is 12.8 Å². The van der Waals surface area contributed by atoms with Gasteiger partial charge in [0.25, 0.3) is 0 Å². The fourth-order valence-electron chi connectivity index (χ4n) is 3.42. The van der Waals surface area contributed by atoms with E-state index >= 15 is 0 Å². The molecular formula is C24H33N3O3. The molecule has 1 heterocycles. The summed E-state index contributed by atoms with van der Waals surface area (Å²) in [5.41, 5.74) is 4.22. The van der Waals surface area contributed by atoms with Crippen molar-refractivity contribution in [2.45, 2.75) is 40.0 Å². The van der Waals surface area contributed by atoms with Crippen LogP contribution in [0.3, 0.4) is 0 Å². The van der Waals surface area contributed by atoms with Crippen LogP contribution in [-0.4, -0.2) is 37.4 Å². The average molecular weight is 412 g/mol. The molecule has 3 N–H and O–H groups in total. The minimum atomic E-state index is 0.0294. The summed E-state index contributed by atoms with van der Waals surface area (Å²) in [5, 5.41) is 16.2. The van der Waals surface area contributed by atoms with Crippen LogP contribution in [0.5, 0.6) is 5.75 Å². The normalized spacial score (nSPS) is 16.5. The molecule has 0 aromatic heterocycles. The number of aliphatic hydroxyl groups is 1. The van der Waals surface area contributed by atoms with Gasteiger partial charge in [-0.05, 0) is 43.0 Å². The second-order valence-corrected chi connectivity index (χ2v) is 7.63. The van der Waals surface area contributed by atoms with Crippen molar-refractivity contribution in [3.63, 3.8) is 0 Å². The molecule has 0 saturated carbocycles. The number of hydrogen-bond donors (Lipinski definition) is 3. The maximum absolute atomic E-state index is 9.53. The Morgan fingerprint density at radius 1 is 1.17 bits per heavy atom. The van der Waals surface area contributed by atoms with Crippen LogP contribution >= 0.6 is 0 Å². The second kappa shape index (κ2) is 11.6. The molecule has 0 radical (unpaired) electrons. The number of nitrogens with one attached hydrogen (secondary N) is 2. The van der Waals surface area contributed by atoms with Crippen LogP contribution in [0.25, 0.3) is 0 Å². The van der Waals surface area contributed by atoms with Crippen molar-refractivity contribution in [3.05, 3.63) is 64.7 Å². The lowest BCUT2D eigenvalue weighted by Gasteiger charge is -2.16. The number of hydrogen-bond acceptors (Lipinski definition) is 4. The summed E-state index contributed by atoms with van der Waals surface area (Å²) in [7, 11) is 0. The molecule has 1 fully saturated rings. The molecule has 30 heavy (non-hydrogen) atoms. The van der Waals surface area contributed by atoms with Crippen LogP contribution in [0.4, 0.5) is 0 Å². The summed E-state index contributed by atoms with van der Waals surface area (Å²) in [6.45, 7) is 8.32. The molecule has 2 aromatic carbocycles. The van der Waals surface area contributed by atoms with Crippen molar-refractivity contribution < 1.29 is 14.6 Å². The lowest BCUT2D eigenvalue weighted by Crippen LogP contribution is -2.37. The number of guanidine groups is 1. The lowest BCUT2D eigenvalue weighted by atomic mass is 10.1. The summed E-state index contributed by atoms with van der Waals surface area (Å²) >= 11 is 0. The Morgan fingerprint density at radius 2 is 2.00 bits per heavy atom. The molecule has 1 aliphatic heterocycles. The molecule has 1 unspecified atom stereocenters. The minimum Gasteiger partial charge on any atom is -0.493 e. The van der Waals surface area contributed by atoms with Crippen molar-refractivity contribution >= 4 is 5.96 Å². The van der Waals surface area contributed by atoms with E-state index in [2.05, 4.69) is 35.8 Å². The number of aliphatic imine (C=N–C) groups is 1. The van der Waals surface area contributed by atoms with E-state index in [4.69, 9.17) is 14.5 Å². The minimum absolute atomic E-state index is 0.0294. The Bertz CT molecular complexity index is 832. The molecule has 0 spiro atoms. The molecule has 1 atom stereocenters. The number of rotatable bonds is 9. The summed E-state index contributed by atoms with van der Waals surface area (Å²) in [6, 6.07) is 14.1. The number of nitrogens with zero attached hydrogens (tertiary/aromatic N) is 1. The molecule has 0 aliphatic carbocycles. The van der Waals surface area contributed by atoms with Crippen molar-refractivity contribution in [3.8, 4) is 5.75 Å². The average Bonchev–Trinajstić information content (AvgIpc) is 3.29. The van der Waals surface area contributed by atoms with Gasteiger partial charge in [-0.15, -0.1) is 0 Å². The zero-order valence-electron chi connectivity index (χ0n) is 18.0. The van der Waals surface area contributed by atoms with Gasteiger partial charge in [0.2, 0.25) is 0 Å². The summed E-state index contributed by atoms with van der Waals surface area (Å²) < 4.78 is 11.6. The van der Waals surface area contributed by atoms with E-state index < -0.39 is 0 Å². The molecule has 162 valence electrons. The van der Waals surface area contributed by atoms with E-state index in [1.165, 1.54) is 5.56 Å². The third-order valence-corrected chi connectivity index (χ3v) is 5.21. The summed E-state index contributed by atoms with van der Waals surface area (Å²) in [6.07, 6.45) is 1.06. The molecule has 6 nitrogen and oxygen atoms in total. The molecule has 0 bridgehead atoms. The van der Waals surface area contributed by atoms with Crippen molar-refractivity contribution in [2.75, 3.05) is 26.4 Å². The standard InChI is InChI=1S/C24H33N3O3/c1-3-25-24(26-13-20-6-4-5-7-22(20)15-28)27-14-21-9-8-18(2)12-23(21)30-17-19-10-11-29-16-19/h4-9,12,19,28H,3,10-11,13-17H2,1-2H3,(H2,25,26,27). The Labute approximate surface area is 179 Å². The molecule has 1 saturated heterocycles. The first kappa shape index (κ1) is 22.1. The van der Waals surface area contributed by atoms with Gasteiger partial charge >= 0.3 is 0 Å². The van der Waals surface area contributed by atoms with E-state index in [0.29, 0.717) is 25.6 Å². The third-order valence-electron chi connectivity index (χ3n) is 5.21. The van der Waals surface area contributed by atoms with Crippen LogP contribution in [-0.2, 0) is 24.4 Å². The summed E-state index contributed by atoms with van der Waals surface area (Å²) in [4.78, 5) is 4.75. The largest absolute Gasteiger partial charge is 0.493 e. The maximum Gasteiger partial charge on any atom is 0.191 e. The van der Waals surface area contributed by atoms with Crippen LogP contribution in [0.2, 0.25) is 0 Å². The van der Waals surface area contributed by atoms with Crippen LogP contribution < -0.4 is 15.4 Å². The Morgan fingerprint density at radius 3 is 2.73 bits per heavy atom. The number of aliphatic hydroxyl groups excluding tert-OH is 1. The first-order valence-electron chi connectivity index (χ1n) is 10.7. The number of benzene rings is 2. The third kappa shape index (κ3) is 6.47. The second-order valence-electron chi connectivity index (χ2n) is 7.63. The predicted molar refractivity (Wildman–Crippen MR) is 120 cm³/mol. The number of ether oxygens (including phenoxy) is 2. The quantitative estimate of drug-likeness (QED) is 0.437. The maximum atomic E-state index is 9.53. The van der Waals surface area contributed by atoms with Crippen LogP contribution in [0.1, 0.15) is 35.6 Å². The molecule has 1 aliphatic rings. The van der Waals surface area contributed by atoms with Gasteiger partial charge in [-0.2, -0.15) is 0 Å². The Hall–Kier alpha value is -2.57. The molecule has 0 amide bonds. The van der Waals surface area contributed by atoms with Gasteiger partial charge in [0.15, 0.2) is 5.96 Å². The topological polar surface area (TPSA) is 75.1 Å². The van der Waals surface area contributed by atoms with Gasteiger partial charge in [0, 0.05) is 31.2 Å². The predicted octanol–water partition coefficient (Wildman–Crippen LogP) is 3.16. The SMILES string of the molecule is CCNC(=NCc1ccc(C)cc1OCC1CCOC1)NCc1ccccc1CO. The van der Waals surface area contributed by atoms with Crippen molar-refractivity contribution in [2.24, 2.45) is 10.9 Å². The fourth-order valence-corrected chi connectivity index (χ4v) is 3.42. The van der Waals surface area contributed by atoms with Crippen molar-refractivity contribution in [1.29, 1.82) is 0 Å². The monoisotopic (exact) mass is 411 g/mol. The van der Waals surface area contributed by atoms with Crippen LogP contribution in [0.15, 0.2) is 47.5 Å². The Kier molecular flexibility index (Phi) is 8.53. The van der Waals surface area contributed by atoms with Crippen molar-refractivity contribution in [1.82, 2.24) is 10.6 Å². The van der Waals surface area contributed by atoms with Gasteiger partial charge in [-0.1, -0.05) is 36.4 Å². The highest BCUT2D eigenvalue weighted by Crippen LogP contribution is 2.23. The van der Waals surface area contributed by atoms with E-state index in [1.54, 1.807) is 0 Å². The molecule has 2 aromatic rings. The smallest absolute Gasteiger partial charge is 0.191 e. The zero-order valence-corrected chi connectivity index (χ0v) is 18.0. The lowest BCUT2D eigenvalue weighted by molar-refractivity contribution is 0.166. The first-order valence-corrected chi connectivity index (χ1v) is 10.7. The molecular weight excluding hydrogens is 378 g/mol. The van der Waals surface area contributed by atoms with Gasteiger partial charge in [0.1, 0.15) is 5.75 Å². The van der Waals surface area contributed by atoms with E-state index in [-0.39, 0.29) is 6.61 Å². The van der Waals surface area contributed by atoms with E-state index in [9.17, 15) is 5.11 Å². The van der Waals surface area contributed by atoms with E-state index in [1.807, 2.05) is 31.2 Å². The highest BCUT2D eigenvalue weighted by atomic mass is 16.5. The van der Waals surface area contributed by atoms with E-state index in [0.717, 1.165) is 54.6 Å². The fraction of sp³-hybridized carbons (Fsp3) is 0.458. The Balaban J connectivity index is 1.66. The molecule has 3 rings (SSSR count). The van der Waals surface area contributed by atoms with Gasteiger partial charge < -0.3 is 25.2 Å². The van der Waals surface area contributed by atoms with Gasteiger partial charge in [-0.3, -0.25) is 0 Å². The highest BCUT2D eigenvalue weighted by Gasteiger charge is 2.17. The summed E-state index contributed by atoms with van der Waals surface area (Å²) in [5.74, 6) is 2.10. The highest BCUT2D eigenvalue weighted by molar-refractivity contribution is 5.79.